The van der Waals surface area contributed by atoms with Crippen LogP contribution < -0.4 is 14.8 Å². The molecule has 4 heterocycles. The van der Waals surface area contributed by atoms with Gasteiger partial charge < -0.3 is 24.5 Å². The van der Waals surface area contributed by atoms with Crippen molar-refractivity contribution in [3.63, 3.8) is 0 Å². The standard InChI is InChI=1S/C32H36N6O5S/c1-36-12-4-6-24(36)18-43-32-34-29-14-21(28-15-25(39)13-20-5-2-3-7-26(20)28)8-11-27(29)31(35-32)37-16-22-9-10-23(17-37)38(22)30(40)19-44(33,41)42/h2-3,5,7-8,11,13-15,22-24,39H,4,6,9-10,12,16-19H2,1H3,(H2,33,41,42)/t22?,23?,24-/m0/s1. The Hall–Kier alpha value is -4.00. The number of likely N-dealkylation sites (tertiary alicyclic amines) is 1. The van der Waals surface area contributed by atoms with Crippen LogP contribution in [0.2, 0.25) is 0 Å². The fourth-order valence-corrected chi connectivity index (χ4v) is 7.68. The monoisotopic (exact) mass is 616 g/mol. The second-order valence-corrected chi connectivity index (χ2v) is 13.9. The number of benzene rings is 3. The highest BCUT2D eigenvalue weighted by Gasteiger charge is 2.44. The van der Waals surface area contributed by atoms with Crippen LogP contribution in [-0.2, 0) is 14.8 Å². The van der Waals surface area contributed by atoms with Gasteiger partial charge in [-0.15, -0.1) is 0 Å². The highest BCUT2D eigenvalue weighted by atomic mass is 32.2. The molecule has 0 radical (unpaired) electrons. The van der Waals surface area contributed by atoms with Crippen molar-refractivity contribution in [1.82, 2.24) is 19.8 Å². The molecule has 3 saturated heterocycles. The first-order valence-electron chi connectivity index (χ1n) is 15.1. The van der Waals surface area contributed by atoms with Gasteiger partial charge in [0.2, 0.25) is 15.9 Å². The molecule has 44 heavy (non-hydrogen) atoms. The van der Waals surface area contributed by atoms with E-state index in [1.165, 1.54) is 0 Å². The predicted molar refractivity (Wildman–Crippen MR) is 169 cm³/mol. The third-order valence-corrected chi connectivity index (χ3v) is 9.93. The van der Waals surface area contributed by atoms with E-state index in [0.717, 1.165) is 70.8 Å². The smallest absolute Gasteiger partial charge is 0.319 e. The first-order valence-corrected chi connectivity index (χ1v) is 16.8. The number of sulfonamides is 1. The molecule has 3 fully saturated rings. The highest BCUT2D eigenvalue weighted by molar-refractivity contribution is 7.89. The first-order chi connectivity index (χ1) is 21.1. The number of amides is 1. The van der Waals surface area contributed by atoms with E-state index in [9.17, 15) is 18.3 Å². The number of anilines is 1. The molecule has 230 valence electrons. The van der Waals surface area contributed by atoms with E-state index < -0.39 is 21.7 Å². The quantitative estimate of drug-likeness (QED) is 0.320. The molecule has 1 aromatic heterocycles. The number of likely N-dealkylation sites (N-methyl/N-ethyl adjacent to an activating group) is 1. The van der Waals surface area contributed by atoms with Gasteiger partial charge in [0, 0.05) is 36.6 Å². The average Bonchev–Trinajstić information content (AvgIpc) is 3.52. The van der Waals surface area contributed by atoms with Gasteiger partial charge in [0.05, 0.1) is 5.52 Å². The lowest BCUT2D eigenvalue weighted by atomic mass is 9.97. The Morgan fingerprint density at radius 2 is 1.80 bits per heavy atom. The Labute approximate surface area is 256 Å². The maximum absolute atomic E-state index is 12.9. The SMILES string of the molecule is CN1CCC[C@H]1COc1nc(N2CC3CCC(C2)N3C(=O)CS(N)(=O)=O)c2ccc(-c3cc(O)cc4ccccc34)cc2n1. The molecule has 3 aliphatic heterocycles. The number of hydrogen-bond acceptors (Lipinski definition) is 9. The van der Waals surface area contributed by atoms with Crippen LogP contribution in [0, 0.1) is 0 Å². The molecule has 0 saturated carbocycles. The first kappa shape index (κ1) is 28.8. The summed E-state index contributed by atoms with van der Waals surface area (Å²) in [6.07, 6.45) is 3.76. The van der Waals surface area contributed by atoms with Crippen LogP contribution in [0.15, 0.2) is 54.6 Å². The number of carbonyl (C=O) groups is 1. The molecule has 2 unspecified atom stereocenters. The summed E-state index contributed by atoms with van der Waals surface area (Å²) in [5.74, 6) is -0.207. The third kappa shape index (κ3) is 5.53. The number of rotatable bonds is 7. The minimum Gasteiger partial charge on any atom is -0.508 e. The summed E-state index contributed by atoms with van der Waals surface area (Å²) in [7, 11) is -1.81. The van der Waals surface area contributed by atoms with Crippen LogP contribution in [0.3, 0.4) is 0 Å². The molecular formula is C32H36N6O5S. The van der Waals surface area contributed by atoms with Crippen LogP contribution in [0.4, 0.5) is 5.82 Å². The molecule has 3 atom stereocenters. The summed E-state index contributed by atoms with van der Waals surface area (Å²) in [5, 5.41) is 18.5. The summed E-state index contributed by atoms with van der Waals surface area (Å²) in [6.45, 7) is 2.56. The zero-order valence-corrected chi connectivity index (χ0v) is 25.4. The van der Waals surface area contributed by atoms with Crippen LogP contribution in [0.5, 0.6) is 11.8 Å². The number of carbonyl (C=O) groups excluding carboxylic acids is 1. The molecule has 0 aliphatic carbocycles. The predicted octanol–water partition coefficient (Wildman–Crippen LogP) is 3.10. The summed E-state index contributed by atoms with van der Waals surface area (Å²) in [4.78, 5) is 28.8. The summed E-state index contributed by atoms with van der Waals surface area (Å²) in [6, 6.07) is 17.8. The van der Waals surface area contributed by atoms with E-state index in [1.54, 1.807) is 17.0 Å². The fourth-order valence-electron chi connectivity index (χ4n) is 7.19. The average molecular weight is 617 g/mol. The van der Waals surface area contributed by atoms with Crippen molar-refractivity contribution in [2.24, 2.45) is 5.14 Å². The molecule has 3 N–H and O–H groups in total. The van der Waals surface area contributed by atoms with E-state index in [1.807, 2.05) is 42.5 Å². The van der Waals surface area contributed by atoms with E-state index >= 15 is 0 Å². The number of aromatic hydroxyl groups is 1. The van der Waals surface area contributed by atoms with Gasteiger partial charge in [0.25, 0.3) is 0 Å². The number of phenols is 1. The Kier molecular flexibility index (Phi) is 7.30. The van der Waals surface area contributed by atoms with Gasteiger partial charge in [-0.25, -0.2) is 13.6 Å². The van der Waals surface area contributed by atoms with Crippen LogP contribution in [-0.4, -0.2) is 96.4 Å². The number of phenolic OH excluding ortho intramolecular Hbond substituents is 1. The van der Waals surface area contributed by atoms with Crippen molar-refractivity contribution in [3.8, 4) is 22.9 Å². The zero-order valence-electron chi connectivity index (χ0n) is 24.6. The third-order valence-electron chi connectivity index (χ3n) is 9.28. The van der Waals surface area contributed by atoms with Gasteiger partial charge in [-0.2, -0.15) is 9.97 Å². The Balaban J connectivity index is 1.27. The number of fused-ring (bicyclic) bond motifs is 4. The summed E-state index contributed by atoms with van der Waals surface area (Å²) in [5.41, 5.74) is 2.53. The number of nitrogens with zero attached hydrogens (tertiary/aromatic N) is 5. The highest BCUT2D eigenvalue weighted by Crippen LogP contribution is 2.38. The van der Waals surface area contributed by atoms with Crippen molar-refractivity contribution in [2.75, 3.05) is 43.9 Å². The van der Waals surface area contributed by atoms with Crippen molar-refractivity contribution >= 4 is 43.4 Å². The molecule has 11 nitrogen and oxygen atoms in total. The molecule has 3 aromatic carbocycles. The largest absolute Gasteiger partial charge is 0.508 e. The van der Waals surface area contributed by atoms with Crippen molar-refractivity contribution < 1.29 is 23.1 Å². The van der Waals surface area contributed by atoms with Crippen LogP contribution >= 0.6 is 0 Å². The second kappa shape index (κ2) is 11.2. The molecule has 1 amide bonds. The van der Waals surface area contributed by atoms with Crippen molar-refractivity contribution in [1.29, 1.82) is 0 Å². The second-order valence-electron chi connectivity index (χ2n) is 12.3. The number of aromatic nitrogens is 2. The minimum atomic E-state index is -3.91. The number of primary sulfonamides is 1. The number of nitrogens with two attached hydrogens (primary N) is 1. The summed E-state index contributed by atoms with van der Waals surface area (Å²) < 4.78 is 29.6. The van der Waals surface area contributed by atoms with E-state index in [4.69, 9.17) is 19.8 Å². The lowest BCUT2D eigenvalue weighted by Crippen LogP contribution is -2.57. The number of ether oxygens (including phenoxy) is 1. The molecule has 7 rings (SSSR count). The van der Waals surface area contributed by atoms with Crippen molar-refractivity contribution in [3.05, 3.63) is 54.6 Å². The van der Waals surface area contributed by atoms with Gasteiger partial charge in [-0.3, -0.25) is 4.79 Å². The normalized spacial score (nSPS) is 22.3. The molecule has 12 heteroatoms. The van der Waals surface area contributed by atoms with Crippen molar-refractivity contribution in [2.45, 2.75) is 43.8 Å². The molecule has 0 spiro atoms. The lowest BCUT2D eigenvalue weighted by Gasteiger charge is -2.41. The topological polar surface area (TPSA) is 142 Å². The Morgan fingerprint density at radius 1 is 1.02 bits per heavy atom. The van der Waals surface area contributed by atoms with Gasteiger partial charge in [0.15, 0.2) is 0 Å². The van der Waals surface area contributed by atoms with Gasteiger partial charge in [0.1, 0.15) is 23.9 Å². The van der Waals surface area contributed by atoms with E-state index in [2.05, 4.69) is 16.8 Å². The van der Waals surface area contributed by atoms with Crippen LogP contribution in [0.25, 0.3) is 32.8 Å². The lowest BCUT2D eigenvalue weighted by molar-refractivity contribution is -0.131. The summed E-state index contributed by atoms with van der Waals surface area (Å²) >= 11 is 0. The number of piperazine rings is 1. The van der Waals surface area contributed by atoms with Gasteiger partial charge in [-0.05, 0) is 85.4 Å². The number of hydrogen-bond donors (Lipinski definition) is 2. The fraction of sp³-hybridized carbons (Fsp3) is 0.406. The maximum Gasteiger partial charge on any atom is 0.319 e. The minimum absolute atomic E-state index is 0.137. The van der Waals surface area contributed by atoms with E-state index in [-0.39, 0.29) is 17.8 Å². The molecule has 3 aliphatic rings. The molecule has 4 aromatic rings. The molecular weight excluding hydrogens is 580 g/mol. The maximum atomic E-state index is 12.9. The Bertz CT molecular complexity index is 1850. The van der Waals surface area contributed by atoms with Gasteiger partial charge in [-0.1, -0.05) is 30.3 Å². The van der Waals surface area contributed by atoms with Gasteiger partial charge >= 0.3 is 6.01 Å². The molecule has 2 bridgehead atoms. The van der Waals surface area contributed by atoms with Crippen LogP contribution in [0.1, 0.15) is 25.7 Å². The van der Waals surface area contributed by atoms with E-state index in [0.29, 0.717) is 31.7 Å². The zero-order chi connectivity index (χ0) is 30.6. The Morgan fingerprint density at radius 3 is 2.52 bits per heavy atom.